The summed E-state index contributed by atoms with van der Waals surface area (Å²) in [7, 11) is 1.33. The lowest BCUT2D eigenvalue weighted by Gasteiger charge is -2.10. The normalized spacial score (nSPS) is 11.0. The average molecular weight is 369 g/mol. The molecule has 25 heavy (non-hydrogen) atoms. The number of alkyl halides is 2. The Morgan fingerprint density at radius 3 is 2.56 bits per heavy atom. The van der Waals surface area contributed by atoms with Crippen molar-refractivity contribution in [3.05, 3.63) is 58.6 Å². The summed E-state index contributed by atoms with van der Waals surface area (Å²) in [5.41, 5.74) is 1.45. The number of methoxy groups -OCH3 is 1. The van der Waals surface area contributed by atoms with E-state index < -0.39 is 12.6 Å². The van der Waals surface area contributed by atoms with Crippen molar-refractivity contribution >= 4 is 23.6 Å². The molecule has 7 heteroatoms. The Bertz CT molecular complexity index is 791. The number of halogens is 3. The Kier molecular flexibility index (Phi) is 6.36. The van der Waals surface area contributed by atoms with Gasteiger partial charge in [-0.25, -0.2) is 4.79 Å². The number of hydrogen-bond acceptors (Lipinski definition) is 4. The summed E-state index contributed by atoms with van der Waals surface area (Å²) in [6.07, 6.45) is 2.65. The van der Waals surface area contributed by atoms with E-state index in [0.29, 0.717) is 10.6 Å². The molecule has 0 unspecified atom stereocenters. The molecule has 0 bridgehead atoms. The molecule has 0 radical (unpaired) electrons. The van der Waals surface area contributed by atoms with Gasteiger partial charge in [0.1, 0.15) is 5.75 Å². The highest BCUT2D eigenvalue weighted by molar-refractivity contribution is 6.32. The highest BCUT2D eigenvalue weighted by Crippen LogP contribution is 2.30. The largest absolute Gasteiger partial charge is 0.493 e. The number of aryl methyl sites for hydroxylation is 1. The molecule has 0 aromatic heterocycles. The molecule has 0 N–H and O–H groups in total. The van der Waals surface area contributed by atoms with Crippen LogP contribution in [0.25, 0.3) is 6.08 Å². The first-order valence-electron chi connectivity index (χ1n) is 7.18. The third-order valence-corrected chi connectivity index (χ3v) is 3.43. The second kappa shape index (κ2) is 8.48. The summed E-state index contributed by atoms with van der Waals surface area (Å²) >= 11 is 5.96. The predicted molar refractivity (Wildman–Crippen MR) is 90.5 cm³/mol. The number of hydrogen-bond donors (Lipinski definition) is 0. The van der Waals surface area contributed by atoms with Gasteiger partial charge in [0.2, 0.25) is 0 Å². The van der Waals surface area contributed by atoms with E-state index in [1.54, 1.807) is 18.2 Å². The second-order valence-electron chi connectivity index (χ2n) is 4.98. The van der Waals surface area contributed by atoms with Crippen LogP contribution in [0, 0.1) is 6.92 Å². The van der Waals surface area contributed by atoms with Gasteiger partial charge in [0.25, 0.3) is 0 Å². The zero-order valence-corrected chi connectivity index (χ0v) is 14.2. The van der Waals surface area contributed by atoms with Crippen LogP contribution in [0.15, 0.2) is 42.5 Å². The van der Waals surface area contributed by atoms with Gasteiger partial charge in [0.15, 0.2) is 11.5 Å². The maximum atomic E-state index is 12.3. The Labute approximate surface area is 148 Å². The first kappa shape index (κ1) is 18.7. The van der Waals surface area contributed by atoms with Crippen molar-refractivity contribution in [1.29, 1.82) is 0 Å². The van der Waals surface area contributed by atoms with E-state index in [-0.39, 0.29) is 17.2 Å². The number of esters is 1. The molecule has 0 aliphatic carbocycles. The minimum atomic E-state index is -2.95. The fourth-order valence-electron chi connectivity index (χ4n) is 1.98. The molecule has 0 saturated carbocycles. The van der Waals surface area contributed by atoms with Crippen molar-refractivity contribution in [2.24, 2.45) is 0 Å². The van der Waals surface area contributed by atoms with Crippen LogP contribution in [0.3, 0.4) is 0 Å². The smallest absolute Gasteiger partial charge is 0.387 e. The van der Waals surface area contributed by atoms with Crippen molar-refractivity contribution in [3.63, 3.8) is 0 Å². The van der Waals surface area contributed by atoms with Gasteiger partial charge in [-0.3, -0.25) is 0 Å². The van der Waals surface area contributed by atoms with Gasteiger partial charge in [0.05, 0.1) is 12.1 Å². The van der Waals surface area contributed by atoms with Gasteiger partial charge in [-0.05, 0) is 48.4 Å². The quantitative estimate of drug-likeness (QED) is 0.414. The molecule has 2 aromatic rings. The molecule has 0 amide bonds. The summed E-state index contributed by atoms with van der Waals surface area (Å²) in [5, 5.41) is 0.322. The van der Waals surface area contributed by atoms with E-state index in [9.17, 15) is 13.6 Å². The Morgan fingerprint density at radius 2 is 1.88 bits per heavy atom. The topological polar surface area (TPSA) is 44.8 Å². The molecule has 0 saturated heterocycles. The third-order valence-electron chi connectivity index (χ3n) is 3.11. The number of rotatable bonds is 6. The van der Waals surface area contributed by atoms with Crippen molar-refractivity contribution in [2.75, 3.05) is 7.11 Å². The number of benzene rings is 2. The minimum absolute atomic E-state index is 0.0937. The van der Waals surface area contributed by atoms with Crippen LogP contribution in [-0.2, 0) is 4.79 Å². The molecular weight excluding hydrogens is 354 g/mol. The van der Waals surface area contributed by atoms with E-state index in [0.717, 1.165) is 5.56 Å². The first-order chi connectivity index (χ1) is 11.9. The summed E-state index contributed by atoms with van der Waals surface area (Å²) < 4.78 is 39.1. The third kappa shape index (κ3) is 5.46. The lowest BCUT2D eigenvalue weighted by atomic mass is 10.2. The number of carbonyl (C=O) groups excluding carboxylic acids is 1. The van der Waals surface area contributed by atoms with E-state index in [2.05, 4.69) is 4.74 Å². The predicted octanol–water partition coefficient (Wildman–Crippen LogP) is 4.88. The molecule has 2 aromatic carbocycles. The summed E-state index contributed by atoms with van der Waals surface area (Å²) in [5.74, 6) is -0.338. The molecule has 4 nitrogen and oxygen atoms in total. The molecule has 0 fully saturated rings. The van der Waals surface area contributed by atoms with Crippen molar-refractivity contribution in [2.45, 2.75) is 13.5 Å². The van der Waals surface area contributed by atoms with E-state index in [1.807, 2.05) is 6.92 Å². The van der Waals surface area contributed by atoms with Crippen LogP contribution in [0.2, 0.25) is 5.02 Å². The lowest BCUT2D eigenvalue weighted by Crippen LogP contribution is -2.04. The molecule has 0 atom stereocenters. The minimum Gasteiger partial charge on any atom is -0.493 e. The molecule has 0 aliphatic rings. The zero-order valence-electron chi connectivity index (χ0n) is 13.5. The molecule has 2 rings (SSSR count). The van der Waals surface area contributed by atoms with Gasteiger partial charge < -0.3 is 14.2 Å². The highest BCUT2D eigenvalue weighted by Gasteiger charge is 2.11. The summed E-state index contributed by atoms with van der Waals surface area (Å²) in [6, 6.07) is 9.37. The maximum absolute atomic E-state index is 12.3. The Morgan fingerprint density at radius 1 is 1.12 bits per heavy atom. The van der Waals surface area contributed by atoms with Crippen LogP contribution in [0.5, 0.6) is 17.2 Å². The standard InChI is InChI=1S/C18H15ClF2O4/c1-11-3-6-13(19)15(9-11)24-17(22)8-5-12-4-7-14(25-18(20)21)16(10-12)23-2/h3-10,18H,1-2H3/b8-5+. The fourth-order valence-corrected chi connectivity index (χ4v) is 2.13. The van der Waals surface area contributed by atoms with E-state index in [1.165, 1.54) is 37.5 Å². The van der Waals surface area contributed by atoms with Crippen LogP contribution in [0.1, 0.15) is 11.1 Å². The van der Waals surface area contributed by atoms with E-state index in [4.69, 9.17) is 21.1 Å². The monoisotopic (exact) mass is 368 g/mol. The Hall–Kier alpha value is -2.60. The van der Waals surface area contributed by atoms with Gasteiger partial charge in [0, 0.05) is 6.08 Å². The van der Waals surface area contributed by atoms with Crippen LogP contribution in [0.4, 0.5) is 8.78 Å². The van der Waals surface area contributed by atoms with Gasteiger partial charge >= 0.3 is 12.6 Å². The van der Waals surface area contributed by atoms with Crippen LogP contribution < -0.4 is 14.2 Å². The highest BCUT2D eigenvalue weighted by atomic mass is 35.5. The van der Waals surface area contributed by atoms with Gasteiger partial charge in [-0.2, -0.15) is 8.78 Å². The zero-order chi connectivity index (χ0) is 18.4. The molecular formula is C18H15ClF2O4. The number of ether oxygens (including phenoxy) is 3. The van der Waals surface area contributed by atoms with E-state index >= 15 is 0 Å². The summed E-state index contributed by atoms with van der Waals surface area (Å²) in [6.45, 7) is -1.11. The van der Waals surface area contributed by atoms with Gasteiger partial charge in [-0.15, -0.1) is 0 Å². The van der Waals surface area contributed by atoms with Crippen molar-refractivity contribution in [3.8, 4) is 17.2 Å². The average Bonchev–Trinajstić information content (AvgIpc) is 2.56. The molecule has 0 aliphatic heterocycles. The fraction of sp³-hybridized carbons (Fsp3) is 0.167. The molecule has 0 spiro atoms. The van der Waals surface area contributed by atoms with Crippen LogP contribution in [-0.4, -0.2) is 19.7 Å². The van der Waals surface area contributed by atoms with Crippen molar-refractivity contribution < 1.29 is 27.8 Å². The molecule has 0 heterocycles. The SMILES string of the molecule is COc1cc(/C=C/C(=O)Oc2cc(C)ccc2Cl)ccc1OC(F)F. The summed E-state index contributed by atoms with van der Waals surface area (Å²) in [4.78, 5) is 11.9. The molecule has 132 valence electrons. The second-order valence-corrected chi connectivity index (χ2v) is 5.38. The van der Waals surface area contributed by atoms with Gasteiger partial charge in [-0.1, -0.05) is 23.7 Å². The lowest BCUT2D eigenvalue weighted by molar-refractivity contribution is -0.128. The number of carbonyl (C=O) groups is 1. The van der Waals surface area contributed by atoms with Crippen LogP contribution >= 0.6 is 11.6 Å². The Balaban J connectivity index is 2.10. The first-order valence-corrected chi connectivity index (χ1v) is 7.55. The van der Waals surface area contributed by atoms with Crippen molar-refractivity contribution in [1.82, 2.24) is 0 Å². The maximum Gasteiger partial charge on any atom is 0.387 e.